The van der Waals surface area contributed by atoms with Crippen LogP contribution in [0.4, 0.5) is 8.78 Å². The van der Waals surface area contributed by atoms with Crippen molar-refractivity contribution in [3.8, 4) is 0 Å². The van der Waals surface area contributed by atoms with Gasteiger partial charge in [-0.05, 0) is 42.7 Å². The summed E-state index contributed by atoms with van der Waals surface area (Å²) in [7, 11) is 0. The van der Waals surface area contributed by atoms with Gasteiger partial charge in [-0.15, -0.1) is 0 Å². The molecule has 1 nitrogen and oxygen atoms in total. The molecule has 20 heavy (non-hydrogen) atoms. The summed E-state index contributed by atoms with van der Waals surface area (Å²) in [5, 5.41) is 10.2. The summed E-state index contributed by atoms with van der Waals surface area (Å²) < 4.78 is 28.0. The van der Waals surface area contributed by atoms with Gasteiger partial charge in [0.05, 0.1) is 11.7 Å². The van der Waals surface area contributed by atoms with Crippen molar-refractivity contribution in [1.29, 1.82) is 0 Å². The first-order valence-corrected chi connectivity index (χ1v) is 7.07. The summed E-state index contributed by atoms with van der Waals surface area (Å²) in [5.41, 5.74) is 2.64. The van der Waals surface area contributed by atoms with Gasteiger partial charge in [0.25, 0.3) is 0 Å². The average molecular weight is 341 g/mol. The summed E-state index contributed by atoms with van der Waals surface area (Å²) in [6, 6.07) is 8.08. The summed E-state index contributed by atoms with van der Waals surface area (Å²) in [6.45, 7) is 3.84. The molecule has 0 aliphatic rings. The van der Waals surface area contributed by atoms with Crippen molar-refractivity contribution in [2.75, 3.05) is 0 Å². The largest absolute Gasteiger partial charge is 0.388 e. The fourth-order valence-electron chi connectivity index (χ4n) is 2.34. The molecule has 0 aliphatic carbocycles. The molecule has 0 heterocycles. The number of halogens is 3. The van der Waals surface area contributed by atoms with Crippen molar-refractivity contribution < 1.29 is 13.9 Å². The van der Waals surface area contributed by atoms with E-state index in [2.05, 4.69) is 15.9 Å². The molecule has 2 aromatic carbocycles. The molecule has 1 N–H and O–H groups in total. The van der Waals surface area contributed by atoms with E-state index in [1.54, 1.807) is 0 Å². The van der Waals surface area contributed by atoms with Gasteiger partial charge in [-0.1, -0.05) is 34.1 Å². The third kappa shape index (κ3) is 3.07. The Kier molecular flexibility index (Phi) is 4.55. The Bertz CT molecular complexity index is 597. The van der Waals surface area contributed by atoms with Crippen LogP contribution in [0.1, 0.15) is 28.4 Å². The van der Waals surface area contributed by atoms with Gasteiger partial charge < -0.3 is 5.11 Å². The van der Waals surface area contributed by atoms with Crippen LogP contribution in [0.15, 0.2) is 34.8 Å². The van der Waals surface area contributed by atoms with Crippen molar-refractivity contribution in [3.05, 3.63) is 68.7 Å². The third-order valence-electron chi connectivity index (χ3n) is 3.42. The van der Waals surface area contributed by atoms with E-state index in [0.29, 0.717) is 4.47 Å². The van der Waals surface area contributed by atoms with Crippen molar-refractivity contribution >= 4 is 15.9 Å². The lowest BCUT2D eigenvalue weighted by Gasteiger charge is -2.16. The highest BCUT2D eigenvalue weighted by molar-refractivity contribution is 9.10. The Morgan fingerprint density at radius 2 is 1.60 bits per heavy atom. The second-order valence-corrected chi connectivity index (χ2v) is 5.79. The molecule has 0 spiro atoms. The van der Waals surface area contributed by atoms with Crippen LogP contribution in [0.2, 0.25) is 0 Å². The van der Waals surface area contributed by atoms with E-state index < -0.39 is 17.7 Å². The molecule has 0 radical (unpaired) electrons. The molecule has 2 aromatic rings. The lowest BCUT2D eigenvalue weighted by molar-refractivity contribution is 0.168. The zero-order valence-corrected chi connectivity index (χ0v) is 12.8. The first kappa shape index (κ1) is 15.1. The molecular formula is C16H15BrF2O. The summed E-state index contributed by atoms with van der Waals surface area (Å²) in [5.74, 6) is -1.48. The number of benzene rings is 2. The zero-order valence-electron chi connectivity index (χ0n) is 11.3. The molecule has 0 aliphatic heterocycles. The van der Waals surface area contributed by atoms with E-state index in [1.807, 2.05) is 32.0 Å². The highest BCUT2D eigenvalue weighted by atomic mass is 79.9. The maximum atomic E-state index is 13.8. The van der Waals surface area contributed by atoms with Gasteiger partial charge in [-0.25, -0.2) is 8.78 Å². The lowest BCUT2D eigenvalue weighted by Crippen LogP contribution is -2.09. The maximum absolute atomic E-state index is 13.8. The van der Waals surface area contributed by atoms with E-state index in [0.717, 1.165) is 28.8 Å². The van der Waals surface area contributed by atoms with Crippen LogP contribution in [0.3, 0.4) is 0 Å². The van der Waals surface area contributed by atoms with Crippen molar-refractivity contribution in [2.24, 2.45) is 0 Å². The number of hydrogen-bond acceptors (Lipinski definition) is 1. The highest BCUT2D eigenvalue weighted by Crippen LogP contribution is 2.28. The van der Waals surface area contributed by atoms with Crippen LogP contribution < -0.4 is 0 Å². The minimum absolute atomic E-state index is 0.188. The van der Waals surface area contributed by atoms with E-state index in [1.165, 1.54) is 0 Å². The van der Waals surface area contributed by atoms with Crippen LogP contribution in [0.5, 0.6) is 0 Å². The Morgan fingerprint density at radius 3 is 2.10 bits per heavy atom. The Labute approximate surface area is 125 Å². The van der Waals surface area contributed by atoms with Crippen LogP contribution in [0.25, 0.3) is 0 Å². The average Bonchev–Trinajstić information content (AvgIpc) is 2.32. The lowest BCUT2D eigenvalue weighted by atomic mass is 9.94. The van der Waals surface area contributed by atoms with Gasteiger partial charge in [0.1, 0.15) is 11.6 Å². The van der Waals surface area contributed by atoms with Crippen molar-refractivity contribution in [2.45, 2.75) is 26.4 Å². The van der Waals surface area contributed by atoms with Crippen LogP contribution in [-0.4, -0.2) is 5.11 Å². The van der Waals surface area contributed by atoms with Crippen LogP contribution >= 0.6 is 15.9 Å². The standard InChI is InChI=1S/C16H15BrF2O/c1-9-4-3-5-10(2)12(9)8-15(20)16-13(18)6-11(17)7-14(16)19/h3-7,15,20H,8H2,1-2H3. The molecule has 1 atom stereocenters. The minimum Gasteiger partial charge on any atom is -0.388 e. The number of aryl methyl sites for hydroxylation is 2. The number of hydrogen-bond donors (Lipinski definition) is 1. The van der Waals surface area contributed by atoms with E-state index in [-0.39, 0.29) is 12.0 Å². The van der Waals surface area contributed by atoms with Gasteiger partial charge in [0.2, 0.25) is 0 Å². The summed E-state index contributed by atoms with van der Waals surface area (Å²) in [4.78, 5) is 0. The normalized spacial score (nSPS) is 12.5. The van der Waals surface area contributed by atoms with Gasteiger partial charge in [0, 0.05) is 10.9 Å². The fourth-order valence-corrected chi connectivity index (χ4v) is 2.74. The van der Waals surface area contributed by atoms with Gasteiger partial charge >= 0.3 is 0 Å². The van der Waals surface area contributed by atoms with Crippen molar-refractivity contribution in [3.63, 3.8) is 0 Å². The minimum atomic E-state index is -1.21. The predicted molar refractivity (Wildman–Crippen MR) is 78.6 cm³/mol. The Morgan fingerprint density at radius 1 is 1.10 bits per heavy atom. The van der Waals surface area contributed by atoms with Gasteiger partial charge in [-0.3, -0.25) is 0 Å². The smallest absolute Gasteiger partial charge is 0.133 e. The van der Waals surface area contributed by atoms with E-state index in [4.69, 9.17) is 0 Å². The number of aliphatic hydroxyl groups excluding tert-OH is 1. The predicted octanol–water partition coefficient (Wildman–Crippen LogP) is 4.62. The summed E-state index contributed by atoms with van der Waals surface area (Å²) >= 11 is 3.02. The number of rotatable bonds is 3. The van der Waals surface area contributed by atoms with E-state index >= 15 is 0 Å². The molecule has 0 saturated carbocycles. The quantitative estimate of drug-likeness (QED) is 0.864. The monoisotopic (exact) mass is 340 g/mol. The molecule has 0 amide bonds. The highest BCUT2D eigenvalue weighted by Gasteiger charge is 2.20. The molecule has 4 heteroatoms. The molecule has 0 fully saturated rings. The molecule has 0 bridgehead atoms. The van der Waals surface area contributed by atoms with Gasteiger partial charge in [-0.2, -0.15) is 0 Å². The van der Waals surface area contributed by atoms with E-state index in [9.17, 15) is 13.9 Å². The first-order valence-electron chi connectivity index (χ1n) is 6.27. The Balaban J connectivity index is 2.36. The second kappa shape index (κ2) is 6.02. The molecule has 106 valence electrons. The zero-order chi connectivity index (χ0) is 14.9. The first-order chi connectivity index (χ1) is 9.40. The molecular weight excluding hydrogens is 326 g/mol. The Hall–Kier alpha value is -1.26. The second-order valence-electron chi connectivity index (χ2n) is 4.87. The SMILES string of the molecule is Cc1cccc(C)c1CC(O)c1c(F)cc(Br)cc1F. The summed E-state index contributed by atoms with van der Waals surface area (Å²) in [6.07, 6.45) is -1.02. The van der Waals surface area contributed by atoms with Crippen LogP contribution in [-0.2, 0) is 6.42 Å². The third-order valence-corrected chi connectivity index (χ3v) is 3.88. The maximum Gasteiger partial charge on any atom is 0.133 e. The molecule has 0 aromatic heterocycles. The molecule has 1 unspecified atom stereocenters. The molecule has 0 saturated heterocycles. The molecule has 2 rings (SSSR count). The van der Waals surface area contributed by atoms with Crippen LogP contribution in [0, 0.1) is 25.5 Å². The fraction of sp³-hybridized carbons (Fsp3) is 0.250. The van der Waals surface area contributed by atoms with Gasteiger partial charge in [0.15, 0.2) is 0 Å². The number of aliphatic hydroxyl groups is 1. The topological polar surface area (TPSA) is 20.2 Å². The van der Waals surface area contributed by atoms with Crippen molar-refractivity contribution in [1.82, 2.24) is 0 Å².